The van der Waals surface area contributed by atoms with Crippen LogP contribution in [0.5, 0.6) is 0 Å². The van der Waals surface area contributed by atoms with Gasteiger partial charge in [-0.2, -0.15) is 13.5 Å². The average Bonchev–Trinajstić information content (AvgIpc) is 2.17. The van der Waals surface area contributed by atoms with E-state index in [1.54, 1.807) is 0 Å². The second-order valence-electron chi connectivity index (χ2n) is 3.57. The lowest BCUT2D eigenvalue weighted by atomic mass is 10.3. The molecule has 0 aromatic heterocycles. The topological polar surface area (TPSA) is 58.5 Å². The van der Waals surface area contributed by atoms with Crippen molar-refractivity contribution in [3.8, 4) is 0 Å². The van der Waals surface area contributed by atoms with E-state index in [1.807, 2.05) is 13.8 Å². The Bertz CT molecular complexity index is 466. The Kier molecular flexibility index (Phi) is 4.32. The van der Waals surface area contributed by atoms with Crippen LogP contribution in [0.4, 0.5) is 0 Å². The third kappa shape index (κ3) is 3.83. The molecule has 1 rings (SSSR count). The molecule has 0 aliphatic heterocycles. The van der Waals surface area contributed by atoms with Crippen LogP contribution in [0.3, 0.4) is 0 Å². The molecule has 1 N–H and O–H groups in total. The molecule has 0 radical (unpaired) electrons. The zero-order chi connectivity index (χ0) is 12.2. The number of hydrogen-bond acceptors (Lipinski definition) is 3. The van der Waals surface area contributed by atoms with Crippen molar-refractivity contribution in [1.82, 2.24) is 4.83 Å². The summed E-state index contributed by atoms with van der Waals surface area (Å²) in [6.07, 6.45) is 1.52. The van der Waals surface area contributed by atoms with Crippen LogP contribution < -0.4 is 4.83 Å². The second kappa shape index (κ2) is 5.32. The van der Waals surface area contributed by atoms with E-state index in [9.17, 15) is 8.42 Å². The molecule has 0 heterocycles. The minimum Gasteiger partial charge on any atom is -0.200 e. The van der Waals surface area contributed by atoms with E-state index < -0.39 is 10.0 Å². The molecule has 0 saturated carbocycles. The number of nitrogens with zero attached hydrogens (tertiary/aromatic N) is 1. The Morgan fingerprint density at radius 1 is 1.31 bits per heavy atom. The van der Waals surface area contributed by atoms with Gasteiger partial charge in [0.25, 0.3) is 10.0 Å². The number of halogens is 1. The highest BCUT2D eigenvalue weighted by Gasteiger charge is 2.11. The van der Waals surface area contributed by atoms with E-state index in [0.29, 0.717) is 5.02 Å². The van der Waals surface area contributed by atoms with Crippen molar-refractivity contribution in [3.05, 3.63) is 29.3 Å². The van der Waals surface area contributed by atoms with E-state index in [4.69, 9.17) is 11.6 Å². The molecule has 4 nitrogen and oxygen atoms in total. The maximum absolute atomic E-state index is 11.7. The van der Waals surface area contributed by atoms with Crippen LogP contribution in [-0.4, -0.2) is 14.6 Å². The molecular weight excluding hydrogens is 248 g/mol. The molecule has 1 aromatic carbocycles. The average molecular weight is 261 g/mol. The predicted molar refractivity (Wildman–Crippen MR) is 65.1 cm³/mol. The van der Waals surface area contributed by atoms with Gasteiger partial charge in [0.15, 0.2) is 0 Å². The van der Waals surface area contributed by atoms with Crippen molar-refractivity contribution in [2.75, 3.05) is 0 Å². The van der Waals surface area contributed by atoms with Gasteiger partial charge in [-0.15, -0.1) is 0 Å². The number of nitrogens with one attached hydrogen (secondary N) is 1. The summed E-state index contributed by atoms with van der Waals surface area (Å²) in [6.45, 7) is 3.81. The predicted octanol–water partition coefficient (Wildman–Crippen LogP) is 2.26. The fourth-order valence-corrected chi connectivity index (χ4v) is 1.84. The van der Waals surface area contributed by atoms with E-state index in [0.717, 1.165) is 0 Å². The molecule has 0 aliphatic carbocycles. The van der Waals surface area contributed by atoms with E-state index in [1.165, 1.54) is 30.5 Å². The summed E-state index contributed by atoms with van der Waals surface area (Å²) in [4.78, 5) is 2.26. The summed E-state index contributed by atoms with van der Waals surface area (Å²) in [5, 5.41) is 4.14. The van der Waals surface area contributed by atoms with E-state index in [2.05, 4.69) is 9.93 Å². The van der Waals surface area contributed by atoms with Gasteiger partial charge in [-0.25, -0.2) is 4.83 Å². The first-order valence-electron chi connectivity index (χ1n) is 4.72. The maximum atomic E-state index is 11.7. The zero-order valence-electron chi connectivity index (χ0n) is 9.01. The van der Waals surface area contributed by atoms with Gasteiger partial charge in [-0.05, 0) is 30.2 Å². The molecule has 0 spiro atoms. The molecule has 0 fully saturated rings. The molecule has 0 bridgehead atoms. The van der Waals surface area contributed by atoms with Gasteiger partial charge in [-0.1, -0.05) is 25.4 Å². The molecule has 6 heteroatoms. The molecule has 88 valence electrons. The first-order valence-corrected chi connectivity index (χ1v) is 6.58. The van der Waals surface area contributed by atoms with Crippen LogP contribution in [0, 0.1) is 5.92 Å². The summed E-state index contributed by atoms with van der Waals surface area (Å²) >= 11 is 5.66. The quantitative estimate of drug-likeness (QED) is 0.667. The van der Waals surface area contributed by atoms with Gasteiger partial charge in [0.1, 0.15) is 0 Å². The summed E-state index contributed by atoms with van der Waals surface area (Å²) < 4.78 is 23.3. The third-order valence-electron chi connectivity index (χ3n) is 1.67. The van der Waals surface area contributed by atoms with Crippen LogP contribution in [-0.2, 0) is 10.0 Å². The summed E-state index contributed by atoms with van der Waals surface area (Å²) in [7, 11) is -3.58. The Hall–Kier alpha value is -1.07. The van der Waals surface area contributed by atoms with Crippen molar-refractivity contribution < 1.29 is 8.42 Å². The normalized spacial score (nSPS) is 12.2. The van der Waals surface area contributed by atoms with Gasteiger partial charge >= 0.3 is 0 Å². The standard InChI is InChI=1S/C10H13ClN2O2S/c1-8(2)7-12-13-16(14,15)10-5-3-9(11)4-6-10/h3-8,13H,1-2H3/b12-7+. The summed E-state index contributed by atoms with van der Waals surface area (Å²) in [6, 6.07) is 5.88. The van der Waals surface area contributed by atoms with E-state index >= 15 is 0 Å². The minimum absolute atomic E-state index is 0.137. The SMILES string of the molecule is CC(C)/C=N/NS(=O)(=O)c1ccc(Cl)cc1. The highest BCUT2D eigenvalue weighted by Crippen LogP contribution is 2.13. The Morgan fingerprint density at radius 3 is 2.38 bits per heavy atom. The first-order chi connectivity index (χ1) is 7.42. The van der Waals surface area contributed by atoms with Crippen LogP contribution in [0.2, 0.25) is 5.02 Å². The molecule has 0 unspecified atom stereocenters. The lowest BCUT2D eigenvalue weighted by Gasteiger charge is -2.03. The van der Waals surface area contributed by atoms with E-state index in [-0.39, 0.29) is 10.8 Å². The van der Waals surface area contributed by atoms with Gasteiger partial charge in [0.05, 0.1) is 4.90 Å². The molecule has 0 amide bonds. The number of hydrogen-bond donors (Lipinski definition) is 1. The number of benzene rings is 1. The fraction of sp³-hybridized carbons (Fsp3) is 0.300. The zero-order valence-corrected chi connectivity index (χ0v) is 10.6. The highest BCUT2D eigenvalue weighted by atomic mass is 35.5. The maximum Gasteiger partial charge on any atom is 0.276 e. The molecular formula is C10H13ClN2O2S. The van der Waals surface area contributed by atoms with Crippen LogP contribution in [0.1, 0.15) is 13.8 Å². The largest absolute Gasteiger partial charge is 0.276 e. The summed E-state index contributed by atoms with van der Waals surface area (Å²) in [5.41, 5.74) is 0. The third-order valence-corrected chi connectivity index (χ3v) is 3.16. The molecule has 0 saturated heterocycles. The Labute approximate surface area is 100 Å². The smallest absolute Gasteiger partial charge is 0.200 e. The first kappa shape index (κ1) is 13.0. The van der Waals surface area contributed by atoms with Crippen molar-refractivity contribution in [2.45, 2.75) is 18.7 Å². The van der Waals surface area contributed by atoms with Crippen molar-refractivity contribution >= 4 is 27.8 Å². The van der Waals surface area contributed by atoms with Gasteiger partial charge in [0.2, 0.25) is 0 Å². The second-order valence-corrected chi connectivity index (χ2v) is 5.67. The molecule has 1 aromatic rings. The molecule has 0 aliphatic rings. The van der Waals surface area contributed by atoms with Crippen LogP contribution in [0.25, 0.3) is 0 Å². The highest BCUT2D eigenvalue weighted by molar-refractivity contribution is 7.89. The number of hydrazone groups is 1. The van der Waals surface area contributed by atoms with Crippen molar-refractivity contribution in [2.24, 2.45) is 11.0 Å². The van der Waals surface area contributed by atoms with Crippen molar-refractivity contribution in [3.63, 3.8) is 0 Å². The van der Waals surface area contributed by atoms with Crippen LogP contribution >= 0.6 is 11.6 Å². The molecule has 16 heavy (non-hydrogen) atoms. The molecule has 0 atom stereocenters. The summed E-state index contributed by atoms with van der Waals surface area (Å²) in [5.74, 6) is 0.188. The number of sulfonamides is 1. The Morgan fingerprint density at radius 2 is 1.88 bits per heavy atom. The Balaban J connectivity index is 2.82. The van der Waals surface area contributed by atoms with Gasteiger partial charge in [0, 0.05) is 11.2 Å². The number of rotatable bonds is 4. The monoisotopic (exact) mass is 260 g/mol. The van der Waals surface area contributed by atoms with Gasteiger partial charge < -0.3 is 0 Å². The fourth-order valence-electron chi connectivity index (χ4n) is 0.915. The van der Waals surface area contributed by atoms with Crippen molar-refractivity contribution in [1.29, 1.82) is 0 Å². The minimum atomic E-state index is -3.58. The van der Waals surface area contributed by atoms with Gasteiger partial charge in [-0.3, -0.25) is 0 Å². The lowest BCUT2D eigenvalue weighted by Crippen LogP contribution is -2.18. The lowest BCUT2D eigenvalue weighted by molar-refractivity contribution is 0.584. The van der Waals surface area contributed by atoms with Crippen LogP contribution in [0.15, 0.2) is 34.3 Å².